The molecule has 0 unspecified atom stereocenters. The Bertz CT molecular complexity index is 1160. The number of phenols is 1. The zero-order valence-electron chi connectivity index (χ0n) is 21.2. The molecule has 0 aliphatic carbocycles. The molecular weight excluding hydrogens is 408 g/mol. The smallest absolute Gasteiger partial charge is 0.343 e. The predicted octanol–water partition coefficient (Wildman–Crippen LogP) is 7.41. The second-order valence-corrected chi connectivity index (χ2v) is 11.1. The van der Waals surface area contributed by atoms with Crippen molar-refractivity contribution in [3.05, 3.63) is 93.5 Å². The van der Waals surface area contributed by atoms with Crippen molar-refractivity contribution in [1.29, 1.82) is 0 Å². The van der Waals surface area contributed by atoms with E-state index >= 15 is 0 Å². The molecule has 0 saturated carbocycles. The van der Waals surface area contributed by atoms with Crippen molar-refractivity contribution in [2.45, 2.75) is 72.6 Å². The van der Waals surface area contributed by atoms with Gasteiger partial charge in [0.2, 0.25) is 0 Å². The van der Waals surface area contributed by atoms with Crippen LogP contribution in [0.15, 0.2) is 54.6 Å². The summed E-state index contributed by atoms with van der Waals surface area (Å²) in [7, 11) is 0. The molecule has 0 atom stereocenters. The lowest BCUT2D eigenvalue weighted by Crippen LogP contribution is -2.18. The average Bonchev–Trinajstić information content (AvgIpc) is 2.71. The van der Waals surface area contributed by atoms with Gasteiger partial charge in [-0.2, -0.15) is 0 Å². The molecule has 0 bridgehead atoms. The Labute approximate surface area is 198 Å². The van der Waals surface area contributed by atoms with Crippen molar-refractivity contribution in [2.24, 2.45) is 0 Å². The molecule has 3 rings (SSSR count). The first-order valence-electron chi connectivity index (χ1n) is 11.5. The van der Waals surface area contributed by atoms with E-state index in [9.17, 15) is 9.90 Å². The topological polar surface area (TPSA) is 46.5 Å². The van der Waals surface area contributed by atoms with E-state index in [-0.39, 0.29) is 16.8 Å². The molecule has 3 aromatic carbocycles. The monoisotopic (exact) mass is 444 g/mol. The number of benzene rings is 3. The highest BCUT2D eigenvalue weighted by molar-refractivity contribution is 5.91. The number of carbonyl (C=O) groups excluding carboxylic acids is 1. The zero-order chi connectivity index (χ0) is 24.6. The Balaban J connectivity index is 2.16. The number of esters is 1. The van der Waals surface area contributed by atoms with Crippen LogP contribution in [0.25, 0.3) is 0 Å². The minimum absolute atomic E-state index is 0.184. The lowest BCUT2D eigenvalue weighted by atomic mass is 9.81. The van der Waals surface area contributed by atoms with Crippen molar-refractivity contribution in [2.75, 3.05) is 0 Å². The van der Waals surface area contributed by atoms with Crippen LogP contribution in [0.3, 0.4) is 0 Å². The van der Waals surface area contributed by atoms with Crippen molar-refractivity contribution in [3.8, 4) is 11.5 Å². The van der Waals surface area contributed by atoms with E-state index in [0.717, 1.165) is 33.4 Å². The first-order valence-corrected chi connectivity index (χ1v) is 11.5. The Morgan fingerprint density at radius 2 is 1.30 bits per heavy atom. The molecule has 174 valence electrons. The van der Waals surface area contributed by atoms with Gasteiger partial charge in [-0.1, -0.05) is 95.1 Å². The summed E-state index contributed by atoms with van der Waals surface area (Å²) >= 11 is 0. The molecular formula is C30H36O3. The molecule has 3 heteroatoms. The highest BCUT2D eigenvalue weighted by Crippen LogP contribution is 2.40. The largest absolute Gasteiger partial charge is 0.507 e. The second kappa shape index (κ2) is 9.05. The first kappa shape index (κ1) is 24.6. The Hall–Kier alpha value is -3.07. The van der Waals surface area contributed by atoms with Gasteiger partial charge in [0.1, 0.15) is 11.5 Å². The lowest BCUT2D eigenvalue weighted by Gasteiger charge is -2.26. The summed E-state index contributed by atoms with van der Waals surface area (Å²) in [4.78, 5) is 13.0. The summed E-state index contributed by atoms with van der Waals surface area (Å²) in [6, 6.07) is 17.3. The van der Waals surface area contributed by atoms with Crippen LogP contribution in [0.4, 0.5) is 0 Å². The molecule has 0 spiro atoms. The molecule has 3 aromatic rings. The van der Waals surface area contributed by atoms with Crippen LogP contribution >= 0.6 is 0 Å². The van der Waals surface area contributed by atoms with Crippen molar-refractivity contribution < 1.29 is 14.6 Å². The molecule has 3 nitrogen and oxygen atoms in total. The highest BCUT2D eigenvalue weighted by atomic mass is 16.5. The van der Waals surface area contributed by atoms with E-state index in [1.807, 2.05) is 37.3 Å². The Morgan fingerprint density at radius 1 is 0.788 bits per heavy atom. The molecule has 0 aliphatic rings. The molecule has 0 radical (unpaired) electrons. The maximum absolute atomic E-state index is 13.0. The van der Waals surface area contributed by atoms with Crippen molar-refractivity contribution in [1.82, 2.24) is 0 Å². The number of hydrogen-bond donors (Lipinski definition) is 1. The van der Waals surface area contributed by atoms with Gasteiger partial charge in [0.05, 0.1) is 5.56 Å². The molecule has 0 aromatic heterocycles. The molecule has 1 N–H and O–H groups in total. The summed E-state index contributed by atoms with van der Waals surface area (Å²) in [5, 5.41) is 11.2. The maximum Gasteiger partial charge on any atom is 0.343 e. The van der Waals surface area contributed by atoms with Crippen LogP contribution in [-0.4, -0.2) is 11.1 Å². The third kappa shape index (κ3) is 5.65. The first-order chi connectivity index (χ1) is 15.3. The second-order valence-electron chi connectivity index (χ2n) is 11.1. The molecule has 0 saturated heterocycles. The number of carbonyl (C=O) groups is 1. The number of rotatable bonds is 4. The minimum Gasteiger partial charge on any atom is -0.507 e. The normalized spacial score (nSPS) is 12.0. The SMILES string of the molecule is Cc1cc(Cc2cc(C)cc(C(C)(C)C)c2OC(=O)c2ccccc2)c(O)c(C(C)(C)C)c1. The van der Waals surface area contributed by atoms with Crippen LogP contribution in [-0.2, 0) is 17.3 Å². The zero-order valence-corrected chi connectivity index (χ0v) is 21.2. The molecule has 0 aliphatic heterocycles. The fourth-order valence-electron chi connectivity index (χ4n) is 4.15. The average molecular weight is 445 g/mol. The number of phenolic OH excluding ortho intramolecular Hbond substituents is 1. The van der Waals surface area contributed by atoms with E-state index < -0.39 is 0 Å². The molecule has 0 amide bonds. The minimum atomic E-state index is -0.380. The van der Waals surface area contributed by atoms with Gasteiger partial charge in [-0.05, 0) is 47.9 Å². The molecule has 33 heavy (non-hydrogen) atoms. The van der Waals surface area contributed by atoms with Crippen LogP contribution in [0.1, 0.15) is 85.3 Å². The van der Waals surface area contributed by atoms with Gasteiger partial charge in [-0.25, -0.2) is 4.79 Å². The summed E-state index contributed by atoms with van der Waals surface area (Å²) in [6.07, 6.45) is 0.471. The summed E-state index contributed by atoms with van der Waals surface area (Å²) in [6.45, 7) is 16.8. The van der Waals surface area contributed by atoms with Gasteiger partial charge in [0.25, 0.3) is 0 Å². The van der Waals surface area contributed by atoms with Crippen molar-refractivity contribution >= 4 is 5.97 Å². The summed E-state index contributed by atoms with van der Waals surface area (Å²) in [5.41, 5.74) is 5.92. The predicted molar refractivity (Wildman–Crippen MR) is 136 cm³/mol. The maximum atomic E-state index is 13.0. The summed E-state index contributed by atoms with van der Waals surface area (Å²) in [5.74, 6) is 0.516. The number of ether oxygens (including phenoxy) is 1. The Kier molecular flexibility index (Phi) is 6.74. The number of hydrogen-bond acceptors (Lipinski definition) is 3. The van der Waals surface area contributed by atoms with E-state index in [1.165, 1.54) is 0 Å². The third-order valence-corrected chi connectivity index (χ3v) is 5.84. The number of aromatic hydroxyl groups is 1. The van der Waals surface area contributed by atoms with E-state index in [4.69, 9.17) is 4.74 Å². The molecule has 0 heterocycles. The fraction of sp³-hybridized carbons (Fsp3) is 0.367. The quantitative estimate of drug-likeness (QED) is 0.336. The van der Waals surface area contributed by atoms with Gasteiger partial charge in [0, 0.05) is 17.5 Å². The highest BCUT2D eigenvalue weighted by Gasteiger charge is 2.26. The Morgan fingerprint density at radius 3 is 1.85 bits per heavy atom. The number of aryl methyl sites for hydroxylation is 2. The van der Waals surface area contributed by atoms with E-state index in [2.05, 4.69) is 60.6 Å². The van der Waals surface area contributed by atoms with Crippen LogP contribution in [0, 0.1) is 13.8 Å². The van der Waals surface area contributed by atoms with Crippen LogP contribution in [0.2, 0.25) is 0 Å². The lowest BCUT2D eigenvalue weighted by molar-refractivity contribution is 0.0730. The fourth-order valence-corrected chi connectivity index (χ4v) is 4.15. The van der Waals surface area contributed by atoms with Gasteiger partial charge >= 0.3 is 5.97 Å². The standard InChI is InChI=1S/C30H36O3/c1-19-14-22(26(31)24(16-19)29(3,4)5)18-23-15-20(2)17-25(30(6,7)8)27(23)33-28(32)21-12-10-9-11-13-21/h9-17,31H,18H2,1-8H3. The van der Waals surface area contributed by atoms with E-state index in [1.54, 1.807) is 12.1 Å². The van der Waals surface area contributed by atoms with Gasteiger partial charge in [0.15, 0.2) is 0 Å². The van der Waals surface area contributed by atoms with Gasteiger partial charge in [-0.15, -0.1) is 0 Å². The van der Waals surface area contributed by atoms with E-state index in [0.29, 0.717) is 23.5 Å². The van der Waals surface area contributed by atoms with Gasteiger partial charge < -0.3 is 9.84 Å². The van der Waals surface area contributed by atoms with Crippen LogP contribution < -0.4 is 4.74 Å². The van der Waals surface area contributed by atoms with Crippen molar-refractivity contribution in [3.63, 3.8) is 0 Å². The summed E-state index contributed by atoms with van der Waals surface area (Å²) < 4.78 is 6.06. The van der Waals surface area contributed by atoms with Gasteiger partial charge in [-0.3, -0.25) is 0 Å². The molecule has 0 fully saturated rings. The van der Waals surface area contributed by atoms with Crippen LogP contribution in [0.5, 0.6) is 11.5 Å². The third-order valence-electron chi connectivity index (χ3n) is 5.84.